The molecule has 6 nitrogen and oxygen atoms in total. The molecule has 0 radical (unpaired) electrons. The summed E-state index contributed by atoms with van der Waals surface area (Å²) in [6, 6.07) is 12.8. The molecule has 7 heteroatoms. The topological polar surface area (TPSA) is 79.4 Å². The van der Waals surface area contributed by atoms with Gasteiger partial charge in [-0.1, -0.05) is 18.2 Å². The Morgan fingerprint density at radius 1 is 1.24 bits per heavy atom. The number of carbonyl (C=O) groups is 1. The standard InChI is InChI=1S/C18H21N3O3S/c1-2-21(16-6-4-3-5-7-16)18(22)14-8-9-17(19-12-14)20-15-10-11-25(23,24)13-15/h3-9,12,15H,2,10-11,13H2,1H3,(H,19,20). The van der Waals surface area contributed by atoms with E-state index >= 15 is 0 Å². The minimum atomic E-state index is -2.93. The first kappa shape index (κ1) is 17.4. The number of anilines is 2. The number of hydrogen-bond donors (Lipinski definition) is 1. The van der Waals surface area contributed by atoms with Crippen molar-refractivity contribution in [3.8, 4) is 0 Å². The SMILES string of the molecule is CCN(C(=O)c1ccc(NC2CCS(=O)(=O)C2)nc1)c1ccccc1. The van der Waals surface area contributed by atoms with Crippen LogP contribution in [-0.2, 0) is 9.84 Å². The minimum Gasteiger partial charge on any atom is -0.366 e. The molecule has 0 bridgehead atoms. The van der Waals surface area contributed by atoms with E-state index in [1.54, 1.807) is 17.0 Å². The van der Waals surface area contributed by atoms with Gasteiger partial charge in [0.25, 0.3) is 5.91 Å². The number of nitrogens with one attached hydrogen (secondary N) is 1. The van der Waals surface area contributed by atoms with E-state index in [0.29, 0.717) is 24.3 Å². The summed E-state index contributed by atoms with van der Waals surface area (Å²) in [4.78, 5) is 18.7. The van der Waals surface area contributed by atoms with Gasteiger partial charge in [-0.05, 0) is 37.6 Å². The van der Waals surface area contributed by atoms with Gasteiger partial charge in [-0.15, -0.1) is 0 Å². The summed E-state index contributed by atoms with van der Waals surface area (Å²) >= 11 is 0. The van der Waals surface area contributed by atoms with E-state index in [1.165, 1.54) is 6.20 Å². The third kappa shape index (κ3) is 4.17. The Balaban J connectivity index is 1.70. The summed E-state index contributed by atoms with van der Waals surface area (Å²) in [7, 11) is -2.93. The second-order valence-electron chi connectivity index (χ2n) is 6.06. The highest BCUT2D eigenvalue weighted by Gasteiger charge is 2.28. The molecule has 1 aromatic carbocycles. The molecule has 3 rings (SSSR count). The lowest BCUT2D eigenvalue weighted by molar-refractivity contribution is 0.0988. The number of hydrogen-bond acceptors (Lipinski definition) is 5. The van der Waals surface area contributed by atoms with E-state index < -0.39 is 9.84 Å². The maximum Gasteiger partial charge on any atom is 0.259 e. The zero-order valence-electron chi connectivity index (χ0n) is 14.1. The van der Waals surface area contributed by atoms with E-state index in [9.17, 15) is 13.2 Å². The monoisotopic (exact) mass is 359 g/mol. The number of pyridine rings is 1. The lowest BCUT2D eigenvalue weighted by Gasteiger charge is -2.21. The van der Waals surface area contributed by atoms with Crippen LogP contribution in [0.25, 0.3) is 0 Å². The van der Waals surface area contributed by atoms with Gasteiger partial charge in [0.2, 0.25) is 0 Å². The fourth-order valence-electron chi connectivity index (χ4n) is 2.93. The van der Waals surface area contributed by atoms with Crippen LogP contribution in [0.15, 0.2) is 48.7 Å². The van der Waals surface area contributed by atoms with Crippen LogP contribution in [0.5, 0.6) is 0 Å². The van der Waals surface area contributed by atoms with Crippen LogP contribution >= 0.6 is 0 Å². The molecule has 1 saturated heterocycles. The van der Waals surface area contributed by atoms with Crippen molar-refractivity contribution in [1.29, 1.82) is 0 Å². The van der Waals surface area contributed by atoms with E-state index in [2.05, 4.69) is 10.3 Å². The van der Waals surface area contributed by atoms with Gasteiger partial charge in [0.1, 0.15) is 5.82 Å². The van der Waals surface area contributed by atoms with Crippen molar-refractivity contribution in [2.75, 3.05) is 28.3 Å². The summed E-state index contributed by atoms with van der Waals surface area (Å²) in [6.45, 7) is 2.48. The molecule has 1 fully saturated rings. The third-order valence-corrected chi connectivity index (χ3v) is 5.99. The first-order valence-electron chi connectivity index (χ1n) is 8.28. The molecule has 1 aliphatic heterocycles. The van der Waals surface area contributed by atoms with Crippen LogP contribution < -0.4 is 10.2 Å². The van der Waals surface area contributed by atoms with E-state index in [-0.39, 0.29) is 23.5 Å². The maximum absolute atomic E-state index is 12.7. The Kier molecular flexibility index (Phi) is 5.03. The Morgan fingerprint density at radius 2 is 2.00 bits per heavy atom. The van der Waals surface area contributed by atoms with Gasteiger partial charge in [-0.3, -0.25) is 4.79 Å². The molecule has 1 aliphatic rings. The summed E-state index contributed by atoms with van der Waals surface area (Å²) in [5, 5.41) is 3.12. The second kappa shape index (κ2) is 7.23. The fourth-order valence-corrected chi connectivity index (χ4v) is 4.60. The number of rotatable bonds is 5. The van der Waals surface area contributed by atoms with Gasteiger partial charge in [0.05, 0.1) is 17.1 Å². The Labute approximate surface area is 147 Å². The van der Waals surface area contributed by atoms with Crippen LogP contribution in [0.2, 0.25) is 0 Å². The normalized spacial score (nSPS) is 18.7. The molecule has 2 aromatic rings. The first-order valence-corrected chi connectivity index (χ1v) is 10.1. The molecule has 0 spiro atoms. The van der Waals surface area contributed by atoms with Gasteiger partial charge in [0.15, 0.2) is 9.84 Å². The second-order valence-corrected chi connectivity index (χ2v) is 8.29. The van der Waals surface area contributed by atoms with Crippen LogP contribution in [0.1, 0.15) is 23.7 Å². The molecule has 2 heterocycles. The predicted octanol–water partition coefficient (Wildman–Crippen LogP) is 2.35. The van der Waals surface area contributed by atoms with Gasteiger partial charge >= 0.3 is 0 Å². The average molecular weight is 359 g/mol. The highest BCUT2D eigenvalue weighted by molar-refractivity contribution is 7.91. The molecule has 132 valence electrons. The maximum atomic E-state index is 12.7. The van der Waals surface area contributed by atoms with Crippen molar-refractivity contribution in [1.82, 2.24) is 4.98 Å². The van der Waals surface area contributed by atoms with Crippen molar-refractivity contribution in [2.24, 2.45) is 0 Å². The molecule has 1 aromatic heterocycles. The number of sulfone groups is 1. The smallest absolute Gasteiger partial charge is 0.259 e. The number of aromatic nitrogens is 1. The summed E-state index contributed by atoms with van der Waals surface area (Å²) in [5.41, 5.74) is 1.34. The van der Waals surface area contributed by atoms with Crippen molar-refractivity contribution in [3.05, 3.63) is 54.2 Å². The van der Waals surface area contributed by atoms with Crippen LogP contribution in [0.3, 0.4) is 0 Å². The van der Waals surface area contributed by atoms with Crippen molar-refractivity contribution in [2.45, 2.75) is 19.4 Å². The van der Waals surface area contributed by atoms with Gasteiger partial charge in [-0.2, -0.15) is 0 Å². The van der Waals surface area contributed by atoms with Crippen molar-refractivity contribution < 1.29 is 13.2 Å². The first-order chi connectivity index (χ1) is 12.0. The number of benzene rings is 1. The van der Waals surface area contributed by atoms with Crippen molar-refractivity contribution in [3.63, 3.8) is 0 Å². The zero-order valence-corrected chi connectivity index (χ0v) is 14.9. The number of nitrogens with zero attached hydrogens (tertiary/aromatic N) is 2. The Morgan fingerprint density at radius 3 is 2.56 bits per heavy atom. The van der Waals surface area contributed by atoms with E-state index in [0.717, 1.165) is 5.69 Å². The van der Waals surface area contributed by atoms with Gasteiger partial charge in [-0.25, -0.2) is 13.4 Å². The summed E-state index contributed by atoms with van der Waals surface area (Å²) < 4.78 is 23.0. The molecule has 1 N–H and O–H groups in total. The molecule has 1 atom stereocenters. The minimum absolute atomic E-state index is 0.115. The quantitative estimate of drug-likeness (QED) is 0.886. The third-order valence-electron chi connectivity index (χ3n) is 4.22. The van der Waals surface area contributed by atoms with Crippen LogP contribution in [0, 0.1) is 0 Å². The fraction of sp³-hybridized carbons (Fsp3) is 0.333. The molecule has 1 unspecified atom stereocenters. The largest absolute Gasteiger partial charge is 0.366 e. The highest BCUT2D eigenvalue weighted by Crippen LogP contribution is 2.19. The number of amides is 1. The van der Waals surface area contributed by atoms with Gasteiger partial charge in [0, 0.05) is 24.5 Å². The van der Waals surface area contributed by atoms with Crippen LogP contribution in [-0.4, -0.2) is 43.4 Å². The van der Waals surface area contributed by atoms with E-state index in [1.807, 2.05) is 37.3 Å². The highest BCUT2D eigenvalue weighted by atomic mass is 32.2. The Bertz CT molecular complexity index is 836. The molecular formula is C18H21N3O3S. The molecule has 1 amide bonds. The van der Waals surface area contributed by atoms with Crippen molar-refractivity contribution >= 4 is 27.2 Å². The summed E-state index contributed by atoms with van der Waals surface area (Å²) in [6.07, 6.45) is 2.11. The summed E-state index contributed by atoms with van der Waals surface area (Å²) in [5.74, 6) is 0.814. The molecular weight excluding hydrogens is 338 g/mol. The number of para-hydroxylation sites is 1. The Hall–Kier alpha value is -2.41. The van der Waals surface area contributed by atoms with Gasteiger partial charge < -0.3 is 10.2 Å². The molecule has 0 saturated carbocycles. The average Bonchev–Trinajstić information content (AvgIpc) is 2.95. The molecule has 0 aliphatic carbocycles. The van der Waals surface area contributed by atoms with E-state index in [4.69, 9.17) is 0 Å². The lowest BCUT2D eigenvalue weighted by atomic mass is 10.2. The van der Waals surface area contributed by atoms with Crippen LogP contribution in [0.4, 0.5) is 11.5 Å². The number of carbonyl (C=O) groups excluding carboxylic acids is 1. The predicted molar refractivity (Wildman–Crippen MR) is 98.7 cm³/mol. The molecule has 25 heavy (non-hydrogen) atoms. The lowest BCUT2D eigenvalue weighted by Crippen LogP contribution is -2.30. The zero-order chi connectivity index (χ0) is 17.9.